The maximum atomic E-state index is 11.2. The van der Waals surface area contributed by atoms with Gasteiger partial charge in [0.05, 0.1) is 6.54 Å². The van der Waals surface area contributed by atoms with Crippen LogP contribution < -0.4 is 16.4 Å². The Bertz CT molecular complexity index is 520. The van der Waals surface area contributed by atoms with Crippen molar-refractivity contribution in [3.05, 3.63) is 34.4 Å². The summed E-state index contributed by atoms with van der Waals surface area (Å²) >= 11 is 0. The minimum absolute atomic E-state index is 0.219. The molecule has 0 atom stereocenters. The van der Waals surface area contributed by atoms with Gasteiger partial charge in [0.1, 0.15) is 0 Å². The van der Waals surface area contributed by atoms with Crippen molar-refractivity contribution >= 4 is 11.9 Å². The second kappa shape index (κ2) is 4.66. The molecule has 0 amide bonds. The van der Waals surface area contributed by atoms with Crippen molar-refractivity contribution in [3.8, 4) is 0 Å². The Morgan fingerprint density at radius 2 is 2.35 bits per heavy atom. The number of hydrogen-bond donors (Lipinski definition) is 4. The Labute approximate surface area is 96.6 Å². The summed E-state index contributed by atoms with van der Waals surface area (Å²) in [7, 11) is 0. The first-order valence-electron chi connectivity index (χ1n) is 4.94. The van der Waals surface area contributed by atoms with E-state index in [0.29, 0.717) is 12.2 Å². The van der Waals surface area contributed by atoms with Gasteiger partial charge < -0.3 is 0 Å². The van der Waals surface area contributed by atoms with Gasteiger partial charge in [-0.3, -0.25) is 25.8 Å². The summed E-state index contributed by atoms with van der Waals surface area (Å²) in [4.78, 5) is 21.6. The minimum atomic E-state index is -0.256. The van der Waals surface area contributed by atoms with Crippen LogP contribution in [0.5, 0.6) is 0 Å². The number of aliphatic imine (C=N–C) groups is 1. The largest absolute Gasteiger partial charge is 0.291 e. The zero-order chi connectivity index (χ0) is 12.3. The molecule has 8 heteroatoms. The third-order valence-electron chi connectivity index (χ3n) is 1.99. The number of rotatable bonds is 2. The molecule has 1 aromatic rings. The van der Waals surface area contributed by atoms with E-state index in [1.807, 2.05) is 0 Å². The second-order valence-corrected chi connectivity index (χ2v) is 3.40. The highest BCUT2D eigenvalue weighted by Crippen LogP contribution is 1.96. The van der Waals surface area contributed by atoms with Crippen molar-refractivity contribution in [3.63, 3.8) is 0 Å². The molecule has 2 rings (SSSR count). The first-order valence-corrected chi connectivity index (χ1v) is 4.94. The zero-order valence-electron chi connectivity index (χ0n) is 9.14. The summed E-state index contributed by atoms with van der Waals surface area (Å²) in [5.41, 5.74) is 5.61. The van der Waals surface area contributed by atoms with Gasteiger partial charge in [-0.05, 0) is 13.0 Å². The van der Waals surface area contributed by atoms with E-state index in [-0.39, 0.29) is 17.5 Å². The fourth-order valence-electron chi connectivity index (χ4n) is 1.27. The molecule has 0 unspecified atom stereocenters. The van der Waals surface area contributed by atoms with E-state index in [2.05, 4.69) is 25.8 Å². The summed E-state index contributed by atoms with van der Waals surface area (Å²) in [5, 5.41) is 10.3. The topological polar surface area (TPSA) is 106 Å². The van der Waals surface area contributed by atoms with E-state index in [9.17, 15) is 10.0 Å². The molecule has 1 aliphatic heterocycles. The van der Waals surface area contributed by atoms with Crippen molar-refractivity contribution in [2.24, 2.45) is 4.99 Å². The Morgan fingerprint density at radius 3 is 3.06 bits per heavy atom. The van der Waals surface area contributed by atoms with E-state index in [4.69, 9.17) is 0 Å². The lowest BCUT2D eigenvalue weighted by Gasteiger charge is -2.20. The number of aryl methyl sites for hydroxylation is 1. The van der Waals surface area contributed by atoms with Crippen molar-refractivity contribution in [1.82, 2.24) is 20.5 Å². The second-order valence-electron chi connectivity index (χ2n) is 3.40. The van der Waals surface area contributed by atoms with Crippen molar-refractivity contribution < 1.29 is 5.21 Å². The third kappa shape index (κ3) is 2.82. The van der Waals surface area contributed by atoms with E-state index >= 15 is 0 Å². The van der Waals surface area contributed by atoms with Gasteiger partial charge >= 0.3 is 0 Å². The minimum Gasteiger partial charge on any atom is -0.291 e. The predicted octanol–water partition coefficient (Wildman–Crippen LogP) is -0.431. The summed E-state index contributed by atoms with van der Waals surface area (Å²) in [5.74, 6) is 0.470. The highest BCUT2D eigenvalue weighted by molar-refractivity contribution is 5.81. The molecule has 17 heavy (non-hydrogen) atoms. The molecule has 90 valence electrons. The van der Waals surface area contributed by atoms with Gasteiger partial charge in [0.2, 0.25) is 11.9 Å². The molecule has 0 bridgehead atoms. The molecule has 0 aliphatic carbocycles. The van der Waals surface area contributed by atoms with Crippen molar-refractivity contribution in [2.45, 2.75) is 6.92 Å². The fourth-order valence-corrected chi connectivity index (χ4v) is 1.27. The van der Waals surface area contributed by atoms with E-state index in [1.165, 1.54) is 6.07 Å². The molecule has 1 aliphatic rings. The van der Waals surface area contributed by atoms with E-state index in [1.54, 1.807) is 19.2 Å². The van der Waals surface area contributed by atoms with E-state index in [0.717, 1.165) is 5.06 Å². The van der Waals surface area contributed by atoms with Crippen LogP contribution in [0.15, 0.2) is 28.1 Å². The molecule has 0 saturated carbocycles. The number of nitrogens with zero attached hydrogens (tertiary/aromatic N) is 3. The van der Waals surface area contributed by atoms with Crippen LogP contribution >= 0.6 is 0 Å². The number of aromatic nitrogens is 2. The van der Waals surface area contributed by atoms with Crippen molar-refractivity contribution in [2.75, 3.05) is 12.0 Å². The molecule has 0 fully saturated rings. The fraction of sp³-hybridized carbons (Fsp3) is 0.222. The molecular weight excluding hydrogens is 224 g/mol. The molecule has 2 heterocycles. The molecule has 4 N–H and O–H groups in total. The highest BCUT2D eigenvalue weighted by Gasteiger charge is 2.09. The lowest BCUT2D eigenvalue weighted by atomic mass is 10.4. The lowest BCUT2D eigenvalue weighted by Crippen LogP contribution is -2.43. The van der Waals surface area contributed by atoms with Gasteiger partial charge in [0, 0.05) is 18.0 Å². The first kappa shape index (κ1) is 11.1. The first-order chi connectivity index (χ1) is 8.15. The average Bonchev–Trinajstić information content (AvgIpc) is 2.27. The van der Waals surface area contributed by atoms with Gasteiger partial charge in [0.15, 0.2) is 0 Å². The number of hydrazine groups is 1. The maximum absolute atomic E-state index is 11.2. The zero-order valence-corrected chi connectivity index (χ0v) is 9.14. The number of hydroxylamine groups is 2. The monoisotopic (exact) mass is 236 g/mol. The number of H-pyrrole nitrogens is 1. The highest BCUT2D eigenvalue weighted by atomic mass is 16.5. The van der Waals surface area contributed by atoms with Gasteiger partial charge in [-0.15, -0.1) is 0 Å². The maximum Gasteiger partial charge on any atom is 0.252 e. The van der Waals surface area contributed by atoms with Gasteiger partial charge in [-0.2, -0.15) is 0 Å². The van der Waals surface area contributed by atoms with Crippen LogP contribution in [0.2, 0.25) is 0 Å². The number of nitrogens with one attached hydrogen (secondary N) is 3. The summed E-state index contributed by atoms with van der Waals surface area (Å²) in [6.45, 7) is 2.05. The Balaban J connectivity index is 2.04. The lowest BCUT2D eigenvalue weighted by molar-refractivity contribution is -0.00792. The van der Waals surface area contributed by atoms with Gasteiger partial charge in [-0.25, -0.2) is 15.0 Å². The summed E-state index contributed by atoms with van der Waals surface area (Å²) in [6.07, 6.45) is 3.25. The average molecular weight is 236 g/mol. The SMILES string of the molecule is Cc1cc(=O)[nH]c(NNC2=NC=CCN2O)n1. The van der Waals surface area contributed by atoms with Crippen LogP contribution in [0.1, 0.15) is 5.69 Å². The normalized spacial score (nSPS) is 14.5. The number of aromatic amines is 1. The third-order valence-corrected chi connectivity index (χ3v) is 1.99. The van der Waals surface area contributed by atoms with Crippen LogP contribution in [0.25, 0.3) is 0 Å². The molecule has 0 spiro atoms. The molecule has 0 saturated heterocycles. The standard InChI is InChI=1S/C9H12N6O2/c1-6-5-7(16)12-8(11-6)13-14-9-10-3-2-4-15(9)17/h2-3,5,17H,4H2,1H3,(H,10,14)(H2,11,12,13,16). The quantitative estimate of drug-likeness (QED) is 0.519. The molecule has 1 aromatic heterocycles. The van der Waals surface area contributed by atoms with Crippen LogP contribution in [0.4, 0.5) is 5.95 Å². The van der Waals surface area contributed by atoms with Crippen LogP contribution in [0.3, 0.4) is 0 Å². The summed E-state index contributed by atoms with van der Waals surface area (Å²) in [6, 6.07) is 1.38. The van der Waals surface area contributed by atoms with Crippen LogP contribution in [0, 0.1) is 6.92 Å². The van der Waals surface area contributed by atoms with Crippen molar-refractivity contribution in [1.29, 1.82) is 0 Å². The van der Waals surface area contributed by atoms with Crippen LogP contribution in [-0.2, 0) is 0 Å². The smallest absolute Gasteiger partial charge is 0.252 e. The number of anilines is 1. The Morgan fingerprint density at radius 1 is 1.53 bits per heavy atom. The van der Waals surface area contributed by atoms with Crippen LogP contribution in [-0.4, -0.2) is 32.7 Å². The number of hydrogen-bond acceptors (Lipinski definition) is 7. The van der Waals surface area contributed by atoms with Gasteiger partial charge in [0.25, 0.3) is 5.56 Å². The van der Waals surface area contributed by atoms with Gasteiger partial charge in [-0.1, -0.05) is 0 Å². The molecular formula is C9H12N6O2. The molecule has 0 radical (unpaired) electrons. The Kier molecular flexibility index (Phi) is 3.06. The van der Waals surface area contributed by atoms with E-state index < -0.39 is 0 Å². The summed E-state index contributed by atoms with van der Waals surface area (Å²) < 4.78 is 0. The Hall–Kier alpha value is -2.35. The molecule has 0 aromatic carbocycles. The number of guanidine groups is 1. The predicted molar refractivity (Wildman–Crippen MR) is 61.4 cm³/mol. The molecule has 8 nitrogen and oxygen atoms in total.